The van der Waals surface area contributed by atoms with E-state index in [-0.39, 0.29) is 25.3 Å². The Labute approximate surface area is 122 Å². The lowest BCUT2D eigenvalue weighted by atomic mass is 10.2. The van der Waals surface area contributed by atoms with Crippen LogP contribution in [0.5, 0.6) is 0 Å². The molecule has 3 N–H and O–H groups in total. The molecular formula is C11H20N2O7S. The minimum atomic E-state index is -4.21. The normalized spacial score (nSPS) is 18.5. The molecule has 1 aliphatic rings. The number of rotatable bonds is 7. The summed E-state index contributed by atoms with van der Waals surface area (Å²) < 4.78 is 29.9. The van der Waals surface area contributed by atoms with Crippen molar-refractivity contribution in [1.82, 2.24) is 9.80 Å². The Morgan fingerprint density at radius 1 is 1.10 bits per heavy atom. The monoisotopic (exact) mass is 324 g/mol. The average molecular weight is 324 g/mol. The lowest BCUT2D eigenvalue weighted by molar-refractivity contribution is -0.141. The maximum Gasteiger partial charge on any atom is 0.303 e. The molecule has 1 heterocycles. The number of β-amino-alcohol motifs (C(OH)–C–C–N with tert-alkyl or cyclic N) is 1. The topological polar surface area (TPSA) is 135 Å². The van der Waals surface area contributed by atoms with Gasteiger partial charge in [-0.05, 0) is 0 Å². The van der Waals surface area contributed by atoms with Gasteiger partial charge in [0.25, 0.3) is 10.1 Å². The van der Waals surface area contributed by atoms with E-state index in [0.717, 1.165) is 0 Å². The highest BCUT2D eigenvalue weighted by Crippen LogP contribution is 2.06. The average Bonchev–Trinajstić information content (AvgIpc) is 2.34. The molecule has 0 unspecified atom stereocenters. The molecule has 1 saturated heterocycles. The molecule has 0 aromatic carbocycles. The molecule has 0 aromatic heterocycles. The highest BCUT2D eigenvalue weighted by Gasteiger charge is 2.24. The molecule has 0 spiro atoms. The molecule has 1 aliphatic heterocycles. The van der Waals surface area contributed by atoms with Gasteiger partial charge in [0.1, 0.15) is 5.75 Å². The maximum atomic E-state index is 11.7. The highest BCUT2D eigenvalue weighted by molar-refractivity contribution is 7.85. The number of hydrogen-bond acceptors (Lipinski definition) is 6. The molecule has 0 saturated carbocycles. The first-order valence-corrected chi connectivity index (χ1v) is 8.13. The van der Waals surface area contributed by atoms with Crippen LogP contribution in [0.25, 0.3) is 0 Å². The molecule has 9 nitrogen and oxygen atoms in total. The molecule has 122 valence electrons. The van der Waals surface area contributed by atoms with Crippen molar-refractivity contribution in [2.75, 3.05) is 38.5 Å². The van der Waals surface area contributed by atoms with Crippen molar-refractivity contribution in [2.24, 2.45) is 0 Å². The van der Waals surface area contributed by atoms with Crippen LogP contribution < -0.4 is 0 Å². The van der Waals surface area contributed by atoms with E-state index in [2.05, 4.69) is 0 Å². The van der Waals surface area contributed by atoms with Crippen molar-refractivity contribution < 1.29 is 32.8 Å². The minimum absolute atomic E-state index is 0.0410. The fourth-order valence-corrected chi connectivity index (χ4v) is 2.74. The summed E-state index contributed by atoms with van der Waals surface area (Å²) in [6.45, 7) is 1.81. The zero-order valence-electron chi connectivity index (χ0n) is 11.5. The van der Waals surface area contributed by atoms with Gasteiger partial charge in [0.2, 0.25) is 5.91 Å². The van der Waals surface area contributed by atoms with Gasteiger partial charge in [-0.1, -0.05) is 0 Å². The van der Waals surface area contributed by atoms with Crippen LogP contribution in [0.2, 0.25) is 0 Å². The van der Waals surface area contributed by atoms with E-state index >= 15 is 0 Å². The SMILES string of the molecule is O=C(O)CCC(=O)N1CCN(C[C@H](O)CS(=O)(=O)O)CC1. The second-order valence-corrected chi connectivity index (χ2v) is 6.47. The van der Waals surface area contributed by atoms with Crippen LogP contribution in [0.1, 0.15) is 12.8 Å². The van der Waals surface area contributed by atoms with E-state index in [9.17, 15) is 23.1 Å². The van der Waals surface area contributed by atoms with Gasteiger partial charge in [0.05, 0.1) is 12.5 Å². The number of aliphatic hydroxyl groups is 1. The second kappa shape index (κ2) is 7.69. The number of carboxylic acid groups (broad SMARTS) is 1. The lowest BCUT2D eigenvalue weighted by Gasteiger charge is -2.35. The lowest BCUT2D eigenvalue weighted by Crippen LogP contribution is -2.51. The maximum absolute atomic E-state index is 11.7. The van der Waals surface area contributed by atoms with E-state index in [4.69, 9.17) is 9.66 Å². The fourth-order valence-electron chi connectivity index (χ4n) is 2.15. The van der Waals surface area contributed by atoms with Crippen LogP contribution in [0.4, 0.5) is 0 Å². The van der Waals surface area contributed by atoms with Crippen LogP contribution >= 0.6 is 0 Å². The van der Waals surface area contributed by atoms with Gasteiger partial charge in [-0.2, -0.15) is 8.42 Å². The summed E-state index contributed by atoms with van der Waals surface area (Å²) in [5.41, 5.74) is 0. The number of carboxylic acids is 1. The Morgan fingerprint density at radius 2 is 1.67 bits per heavy atom. The van der Waals surface area contributed by atoms with Crippen molar-refractivity contribution in [3.05, 3.63) is 0 Å². The number of hydrogen-bond donors (Lipinski definition) is 3. The van der Waals surface area contributed by atoms with Crippen molar-refractivity contribution in [3.63, 3.8) is 0 Å². The predicted molar refractivity (Wildman–Crippen MR) is 72.3 cm³/mol. The standard InChI is InChI=1S/C11H20N2O7S/c14-9(8-21(18,19)20)7-12-3-5-13(6-4-12)10(15)1-2-11(16)17/h9,14H,1-8H2,(H,16,17)(H,18,19,20)/t9-/m0/s1. The zero-order valence-corrected chi connectivity index (χ0v) is 12.3. The first-order chi connectivity index (χ1) is 9.67. The molecule has 1 amide bonds. The molecule has 0 aromatic rings. The second-order valence-electron chi connectivity index (χ2n) is 4.98. The molecule has 0 radical (unpaired) electrons. The zero-order chi connectivity index (χ0) is 16.0. The van der Waals surface area contributed by atoms with E-state index in [1.54, 1.807) is 9.80 Å². The van der Waals surface area contributed by atoms with Crippen LogP contribution in [-0.2, 0) is 19.7 Å². The molecule has 21 heavy (non-hydrogen) atoms. The third kappa shape index (κ3) is 7.37. The van der Waals surface area contributed by atoms with E-state index < -0.39 is 27.9 Å². The summed E-state index contributed by atoms with van der Waals surface area (Å²) in [6.07, 6.45) is -1.43. The number of nitrogens with zero attached hydrogens (tertiary/aromatic N) is 2. The first-order valence-electron chi connectivity index (χ1n) is 6.52. The quantitative estimate of drug-likeness (QED) is 0.469. The van der Waals surface area contributed by atoms with Gasteiger partial charge in [-0.3, -0.25) is 19.0 Å². The molecule has 1 fully saturated rings. The van der Waals surface area contributed by atoms with Crippen molar-refractivity contribution >= 4 is 22.0 Å². The largest absolute Gasteiger partial charge is 0.481 e. The number of aliphatic carboxylic acids is 1. The highest BCUT2D eigenvalue weighted by atomic mass is 32.2. The van der Waals surface area contributed by atoms with Crippen molar-refractivity contribution in [3.8, 4) is 0 Å². The smallest absolute Gasteiger partial charge is 0.303 e. The van der Waals surface area contributed by atoms with Crippen LogP contribution in [0.3, 0.4) is 0 Å². The van der Waals surface area contributed by atoms with Crippen LogP contribution in [-0.4, -0.2) is 89.4 Å². The molecule has 1 rings (SSSR count). The Morgan fingerprint density at radius 3 is 2.14 bits per heavy atom. The third-order valence-corrected chi connectivity index (χ3v) is 3.96. The fraction of sp³-hybridized carbons (Fsp3) is 0.818. The third-order valence-electron chi connectivity index (χ3n) is 3.15. The summed E-state index contributed by atoms with van der Waals surface area (Å²) in [6, 6.07) is 0. The predicted octanol–water partition coefficient (Wildman–Crippen LogP) is -1.76. The summed E-state index contributed by atoms with van der Waals surface area (Å²) in [7, 11) is -4.21. The molecule has 0 bridgehead atoms. The van der Waals surface area contributed by atoms with Gasteiger partial charge in [-0.25, -0.2) is 0 Å². The van der Waals surface area contributed by atoms with Crippen LogP contribution in [0.15, 0.2) is 0 Å². The molecule has 0 aliphatic carbocycles. The Kier molecular flexibility index (Phi) is 6.52. The number of amides is 1. The summed E-state index contributed by atoms with van der Waals surface area (Å²) in [5, 5.41) is 18.0. The summed E-state index contributed by atoms with van der Waals surface area (Å²) >= 11 is 0. The van der Waals surface area contributed by atoms with Gasteiger partial charge in [0, 0.05) is 39.1 Å². The van der Waals surface area contributed by atoms with Gasteiger partial charge >= 0.3 is 5.97 Å². The van der Waals surface area contributed by atoms with Crippen LogP contribution in [0, 0.1) is 0 Å². The summed E-state index contributed by atoms with van der Waals surface area (Å²) in [5.74, 6) is -1.96. The van der Waals surface area contributed by atoms with E-state index in [0.29, 0.717) is 26.2 Å². The van der Waals surface area contributed by atoms with E-state index in [1.165, 1.54) is 0 Å². The van der Waals surface area contributed by atoms with Gasteiger partial charge < -0.3 is 15.1 Å². The van der Waals surface area contributed by atoms with Gasteiger partial charge in [0.15, 0.2) is 0 Å². The Hall–Kier alpha value is -1.23. The number of aliphatic hydroxyl groups excluding tert-OH is 1. The first kappa shape index (κ1) is 17.8. The Balaban J connectivity index is 2.32. The number of carbonyl (C=O) groups is 2. The molecule has 10 heteroatoms. The number of piperazine rings is 1. The van der Waals surface area contributed by atoms with Crippen molar-refractivity contribution in [1.29, 1.82) is 0 Å². The minimum Gasteiger partial charge on any atom is -0.481 e. The van der Waals surface area contributed by atoms with Crippen molar-refractivity contribution in [2.45, 2.75) is 18.9 Å². The molecule has 1 atom stereocenters. The van der Waals surface area contributed by atoms with E-state index in [1.807, 2.05) is 0 Å². The molecular weight excluding hydrogens is 304 g/mol. The van der Waals surface area contributed by atoms with Gasteiger partial charge in [-0.15, -0.1) is 0 Å². The summed E-state index contributed by atoms with van der Waals surface area (Å²) in [4.78, 5) is 25.4. The Bertz CT molecular complexity index is 471. The number of carbonyl (C=O) groups excluding carboxylic acids is 1.